The lowest BCUT2D eigenvalue weighted by Gasteiger charge is -2.13. The third-order valence-corrected chi connectivity index (χ3v) is 4.65. The fourth-order valence-corrected chi connectivity index (χ4v) is 3.19. The summed E-state index contributed by atoms with van der Waals surface area (Å²) in [5, 5.41) is 5.61. The fraction of sp³-hybridized carbons (Fsp3) is 0.0833. The van der Waals surface area contributed by atoms with Gasteiger partial charge in [0, 0.05) is 28.8 Å². The molecule has 5 nitrogen and oxygen atoms in total. The van der Waals surface area contributed by atoms with Gasteiger partial charge in [-0.3, -0.25) is 0 Å². The molecule has 8 heteroatoms. The Morgan fingerprint density at radius 2 is 1.66 bits per heavy atom. The number of nitrogens with zero attached hydrogens (tertiary/aromatic N) is 1. The van der Waals surface area contributed by atoms with Crippen molar-refractivity contribution in [2.45, 2.75) is 6.92 Å². The maximum atomic E-state index is 13.8. The van der Waals surface area contributed by atoms with Gasteiger partial charge in [0.25, 0.3) is 0 Å². The van der Waals surface area contributed by atoms with Gasteiger partial charge < -0.3 is 15.4 Å². The maximum Gasteiger partial charge on any atom is 0.323 e. The highest BCUT2D eigenvalue weighted by atomic mass is 19.1. The minimum absolute atomic E-state index is 0.148. The number of ether oxygens (including phenoxy) is 1. The van der Waals surface area contributed by atoms with Crippen molar-refractivity contribution in [2.24, 2.45) is 0 Å². The first kappa shape index (κ1) is 21.2. The van der Waals surface area contributed by atoms with E-state index in [9.17, 15) is 18.0 Å². The van der Waals surface area contributed by atoms with Crippen LogP contribution in [-0.2, 0) is 0 Å². The number of nitrogens with one attached hydrogen (secondary N) is 2. The van der Waals surface area contributed by atoms with E-state index in [1.165, 1.54) is 12.1 Å². The molecule has 0 unspecified atom stereocenters. The van der Waals surface area contributed by atoms with E-state index in [4.69, 9.17) is 4.74 Å². The van der Waals surface area contributed by atoms with Crippen LogP contribution in [0.4, 0.5) is 29.3 Å². The van der Waals surface area contributed by atoms with Crippen LogP contribution in [0.5, 0.6) is 5.75 Å². The van der Waals surface area contributed by atoms with Gasteiger partial charge in [0.15, 0.2) is 0 Å². The molecule has 2 N–H and O–H groups in total. The number of amides is 2. The normalized spacial score (nSPS) is 10.8. The lowest BCUT2D eigenvalue weighted by atomic mass is 10.1. The van der Waals surface area contributed by atoms with Crippen LogP contribution in [0.3, 0.4) is 0 Å². The highest BCUT2D eigenvalue weighted by Gasteiger charge is 2.12. The van der Waals surface area contributed by atoms with Crippen LogP contribution in [0.1, 0.15) is 6.92 Å². The fourth-order valence-electron chi connectivity index (χ4n) is 3.19. The molecule has 3 aromatic carbocycles. The van der Waals surface area contributed by atoms with Gasteiger partial charge in [-0.05, 0) is 61.5 Å². The summed E-state index contributed by atoms with van der Waals surface area (Å²) in [4.78, 5) is 16.9. The highest BCUT2D eigenvalue weighted by Crippen LogP contribution is 2.32. The zero-order valence-corrected chi connectivity index (χ0v) is 17.0. The molecule has 0 saturated heterocycles. The second-order valence-corrected chi connectivity index (χ2v) is 6.88. The van der Waals surface area contributed by atoms with Crippen molar-refractivity contribution < 1.29 is 22.7 Å². The number of hydrogen-bond acceptors (Lipinski definition) is 3. The summed E-state index contributed by atoms with van der Waals surface area (Å²) in [6.45, 7) is 2.25. The van der Waals surface area contributed by atoms with E-state index in [-0.39, 0.29) is 11.5 Å². The molecule has 162 valence electrons. The molecule has 0 fully saturated rings. The zero-order chi connectivity index (χ0) is 22.7. The van der Waals surface area contributed by atoms with E-state index in [2.05, 4.69) is 15.6 Å². The Morgan fingerprint density at radius 3 is 2.38 bits per heavy atom. The number of fused-ring (bicyclic) bond motifs is 1. The van der Waals surface area contributed by atoms with Crippen LogP contribution >= 0.6 is 0 Å². The first-order valence-electron chi connectivity index (χ1n) is 9.79. The standard InChI is InChI=1S/C24H18F3N3O2/c1-2-32-23-13-22(14-3-5-15(25)6-4-14)29-20-10-8-17(12-18(20)23)28-24(31)30-21-9-7-16(26)11-19(21)27/h3-13H,2H2,1H3,(H2,28,30,31). The van der Waals surface area contributed by atoms with Gasteiger partial charge in [-0.25, -0.2) is 22.9 Å². The maximum absolute atomic E-state index is 13.8. The molecule has 2 amide bonds. The van der Waals surface area contributed by atoms with Crippen LogP contribution < -0.4 is 15.4 Å². The van der Waals surface area contributed by atoms with E-state index < -0.39 is 17.7 Å². The molecular weight excluding hydrogens is 419 g/mol. The van der Waals surface area contributed by atoms with Crippen molar-refractivity contribution in [1.29, 1.82) is 0 Å². The summed E-state index contributed by atoms with van der Waals surface area (Å²) in [5.41, 5.74) is 2.24. The Hall–Kier alpha value is -4.07. The predicted molar refractivity (Wildman–Crippen MR) is 117 cm³/mol. The van der Waals surface area contributed by atoms with Gasteiger partial charge in [-0.15, -0.1) is 0 Å². The molecular formula is C24H18F3N3O2. The second-order valence-electron chi connectivity index (χ2n) is 6.88. The third kappa shape index (κ3) is 4.64. The van der Waals surface area contributed by atoms with E-state index in [1.807, 2.05) is 6.92 Å². The van der Waals surface area contributed by atoms with E-state index >= 15 is 0 Å². The number of halogens is 3. The number of hydrogen-bond donors (Lipinski definition) is 2. The molecule has 0 spiro atoms. The lowest BCUT2D eigenvalue weighted by molar-refractivity contribution is 0.262. The smallest absolute Gasteiger partial charge is 0.323 e. The minimum Gasteiger partial charge on any atom is -0.493 e. The zero-order valence-electron chi connectivity index (χ0n) is 17.0. The van der Waals surface area contributed by atoms with Crippen molar-refractivity contribution in [1.82, 2.24) is 4.98 Å². The molecule has 0 radical (unpaired) electrons. The van der Waals surface area contributed by atoms with Gasteiger partial charge in [0.1, 0.15) is 23.2 Å². The largest absolute Gasteiger partial charge is 0.493 e. The summed E-state index contributed by atoms with van der Waals surface area (Å²) >= 11 is 0. The molecule has 4 aromatic rings. The lowest BCUT2D eigenvalue weighted by Crippen LogP contribution is -2.20. The van der Waals surface area contributed by atoms with Gasteiger partial charge in [-0.2, -0.15) is 0 Å². The van der Waals surface area contributed by atoms with Crippen LogP contribution in [0.2, 0.25) is 0 Å². The van der Waals surface area contributed by atoms with Crippen LogP contribution in [-0.4, -0.2) is 17.6 Å². The number of urea groups is 1. The molecule has 1 aromatic heterocycles. The molecule has 0 bridgehead atoms. The molecule has 0 aliphatic heterocycles. The number of carbonyl (C=O) groups is 1. The predicted octanol–water partition coefficient (Wildman–Crippen LogP) is 6.36. The van der Waals surface area contributed by atoms with Crippen molar-refractivity contribution >= 4 is 28.3 Å². The van der Waals surface area contributed by atoms with Crippen molar-refractivity contribution in [3.05, 3.63) is 84.2 Å². The number of pyridine rings is 1. The first-order valence-corrected chi connectivity index (χ1v) is 9.79. The number of anilines is 2. The van der Waals surface area contributed by atoms with Crippen molar-refractivity contribution in [3.8, 4) is 17.0 Å². The van der Waals surface area contributed by atoms with Crippen molar-refractivity contribution in [2.75, 3.05) is 17.2 Å². The van der Waals surface area contributed by atoms with E-state index in [0.29, 0.717) is 40.7 Å². The Balaban J connectivity index is 1.62. The molecule has 0 aliphatic rings. The molecule has 4 rings (SSSR count). The summed E-state index contributed by atoms with van der Waals surface area (Å²) in [5.74, 6) is -1.41. The second kappa shape index (κ2) is 8.97. The topological polar surface area (TPSA) is 63.2 Å². The summed E-state index contributed by atoms with van der Waals surface area (Å²) in [7, 11) is 0. The van der Waals surface area contributed by atoms with Gasteiger partial charge in [-0.1, -0.05) is 0 Å². The average Bonchev–Trinajstić information content (AvgIpc) is 2.76. The van der Waals surface area contributed by atoms with E-state index in [0.717, 1.165) is 17.7 Å². The molecule has 0 aliphatic carbocycles. The Bertz CT molecular complexity index is 1290. The average molecular weight is 437 g/mol. The third-order valence-electron chi connectivity index (χ3n) is 4.65. The summed E-state index contributed by atoms with van der Waals surface area (Å²) < 4.78 is 45.8. The summed E-state index contributed by atoms with van der Waals surface area (Å²) in [6, 6.07) is 14.9. The number of benzene rings is 3. The molecule has 32 heavy (non-hydrogen) atoms. The monoisotopic (exact) mass is 437 g/mol. The highest BCUT2D eigenvalue weighted by molar-refractivity contribution is 6.01. The summed E-state index contributed by atoms with van der Waals surface area (Å²) in [6.07, 6.45) is 0. The van der Waals surface area contributed by atoms with Gasteiger partial charge >= 0.3 is 6.03 Å². The Morgan fingerprint density at radius 1 is 0.906 bits per heavy atom. The number of rotatable bonds is 5. The van der Waals surface area contributed by atoms with Gasteiger partial charge in [0.05, 0.1) is 23.5 Å². The van der Waals surface area contributed by atoms with Gasteiger partial charge in [0.2, 0.25) is 0 Å². The first-order chi connectivity index (χ1) is 15.4. The molecule has 0 atom stereocenters. The Kier molecular flexibility index (Phi) is 5.93. The Labute approximate surface area is 181 Å². The molecule has 0 saturated carbocycles. The molecule has 1 heterocycles. The SMILES string of the molecule is CCOc1cc(-c2ccc(F)cc2)nc2ccc(NC(=O)Nc3ccc(F)cc3F)cc12. The number of carbonyl (C=O) groups excluding carboxylic acids is 1. The van der Waals surface area contributed by atoms with Crippen LogP contribution in [0, 0.1) is 17.5 Å². The van der Waals surface area contributed by atoms with Crippen LogP contribution in [0.15, 0.2) is 66.7 Å². The minimum atomic E-state index is -0.880. The number of aromatic nitrogens is 1. The van der Waals surface area contributed by atoms with Crippen molar-refractivity contribution in [3.63, 3.8) is 0 Å². The van der Waals surface area contributed by atoms with E-state index in [1.54, 1.807) is 36.4 Å². The van der Waals surface area contributed by atoms with Crippen LogP contribution in [0.25, 0.3) is 22.2 Å². The quantitative estimate of drug-likeness (QED) is 0.382.